The van der Waals surface area contributed by atoms with E-state index in [1.165, 1.54) is 14.0 Å². The first kappa shape index (κ1) is 37.2. The molecule has 3 aromatic heterocycles. The Hall–Kier alpha value is -5.17. The maximum Gasteiger partial charge on any atom is 0.407 e. The molecule has 5 aromatic rings. The molecule has 5 heterocycles. The molecule has 284 valence electrons. The van der Waals surface area contributed by atoms with Crippen LogP contribution in [0.15, 0.2) is 54.7 Å². The summed E-state index contributed by atoms with van der Waals surface area (Å²) in [6, 6.07) is 15.8. The molecular formula is C41H49N7O5S. The summed E-state index contributed by atoms with van der Waals surface area (Å²) in [5.74, 6) is 0.281. The first-order chi connectivity index (χ1) is 25.9. The Morgan fingerprint density at radius 3 is 2.15 bits per heavy atom. The molecule has 12 nitrogen and oxygen atoms in total. The lowest BCUT2D eigenvalue weighted by Gasteiger charge is -2.30. The molecule has 2 unspecified atom stereocenters. The first-order valence-electron chi connectivity index (χ1n) is 18.9. The van der Waals surface area contributed by atoms with Crippen LogP contribution in [0.4, 0.5) is 4.79 Å². The second-order valence-corrected chi connectivity index (χ2v) is 16.3. The molecule has 7 rings (SSSR count). The van der Waals surface area contributed by atoms with Gasteiger partial charge in [0.15, 0.2) is 0 Å². The molecule has 0 radical (unpaired) electrons. The van der Waals surface area contributed by atoms with E-state index in [4.69, 9.17) is 9.72 Å². The van der Waals surface area contributed by atoms with Crippen LogP contribution in [0.3, 0.4) is 0 Å². The number of thiophene rings is 1. The van der Waals surface area contributed by atoms with Gasteiger partial charge in [-0.3, -0.25) is 14.4 Å². The maximum absolute atomic E-state index is 13.7. The Balaban J connectivity index is 1.09. The van der Waals surface area contributed by atoms with E-state index >= 15 is 0 Å². The van der Waals surface area contributed by atoms with Crippen LogP contribution >= 0.6 is 11.3 Å². The van der Waals surface area contributed by atoms with Gasteiger partial charge in [-0.2, -0.15) is 0 Å². The molecule has 54 heavy (non-hydrogen) atoms. The minimum absolute atomic E-state index is 0.0252. The van der Waals surface area contributed by atoms with E-state index in [0.717, 1.165) is 79.9 Å². The average Bonchev–Trinajstić information content (AvgIpc) is 3.99. The van der Waals surface area contributed by atoms with Gasteiger partial charge in [0.1, 0.15) is 17.9 Å². The zero-order chi connectivity index (χ0) is 38.3. The van der Waals surface area contributed by atoms with Gasteiger partial charge < -0.3 is 35.1 Å². The monoisotopic (exact) mass is 751 g/mol. The summed E-state index contributed by atoms with van der Waals surface area (Å²) in [7, 11) is 1.30. The molecule has 0 saturated carbocycles. The highest BCUT2D eigenvalue weighted by Crippen LogP contribution is 2.39. The number of benzene rings is 2. The molecule has 2 fully saturated rings. The van der Waals surface area contributed by atoms with E-state index in [-0.39, 0.29) is 41.6 Å². The van der Waals surface area contributed by atoms with Crippen LogP contribution in [0.25, 0.3) is 42.7 Å². The number of carbonyl (C=O) groups excluding carboxylic acids is 4. The highest BCUT2D eigenvalue weighted by Gasteiger charge is 2.38. The number of methoxy groups -OCH3 is 1. The van der Waals surface area contributed by atoms with Gasteiger partial charge in [0.25, 0.3) is 0 Å². The number of ether oxygens (including phenoxy) is 1. The topological polar surface area (TPSA) is 153 Å². The number of imidazole rings is 1. The summed E-state index contributed by atoms with van der Waals surface area (Å²) < 4.78 is 4.79. The number of aromatic amines is 2. The third-order valence-corrected chi connectivity index (χ3v) is 11.9. The maximum atomic E-state index is 13.7. The zero-order valence-electron chi connectivity index (χ0n) is 31.7. The summed E-state index contributed by atoms with van der Waals surface area (Å²) in [4.78, 5) is 68.8. The molecule has 0 spiro atoms. The summed E-state index contributed by atoms with van der Waals surface area (Å²) in [5, 5.41) is 8.89. The summed E-state index contributed by atoms with van der Waals surface area (Å²) in [6.45, 7) is 10.5. The number of rotatable bonds is 10. The van der Waals surface area contributed by atoms with Crippen molar-refractivity contribution in [3.05, 3.63) is 66.2 Å². The quantitative estimate of drug-likeness (QED) is 0.118. The fraction of sp³-hybridized carbons (Fsp3) is 0.439. The lowest BCUT2D eigenvalue weighted by molar-refractivity contribution is -0.138. The summed E-state index contributed by atoms with van der Waals surface area (Å²) >= 11 is 1.68. The normalized spacial score (nSPS) is 18.5. The van der Waals surface area contributed by atoms with Crippen molar-refractivity contribution in [2.45, 2.75) is 84.5 Å². The first-order valence-corrected chi connectivity index (χ1v) is 19.7. The van der Waals surface area contributed by atoms with Crippen molar-refractivity contribution in [1.29, 1.82) is 0 Å². The zero-order valence-corrected chi connectivity index (χ0v) is 32.5. The Kier molecular flexibility index (Phi) is 10.5. The van der Waals surface area contributed by atoms with Gasteiger partial charge in [-0.05, 0) is 90.3 Å². The van der Waals surface area contributed by atoms with Gasteiger partial charge >= 0.3 is 6.09 Å². The van der Waals surface area contributed by atoms with Crippen molar-refractivity contribution in [3.8, 4) is 21.0 Å². The number of nitrogens with one attached hydrogen (secondary N) is 4. The molecule has 2 aromatic carbocycles. The van der Waals surface area contributed by atoms with E-state index in [0.29, 0.717) is 13.1 Å². The molecular weight excluding hydrogens is 703 g/mol. The highest BCUT2D eigenvalue weighted by molar-refractivity contribution is 7.18. The number of hydrogen-bond donors (Lipinski definition) is 4. The molecule has 0 bridgehead atoms. The van der Waals surface area contributed by atoms with Gasteiger partial charge in [0, 0.05) is 41.5 Å². The standard InChI is InChI=1S/C41H49N7O5S/c1-22(2)36(43-24(5)49)39(50)48-16-8-10-33(48)38-42-21-31(45-38)35-14-13-34(54-35)26-12-11-25-17-28-20-30(44-29(28)19-27(25)18-26)32-9-7-15-47(32)40(51)37(23(3)4)46-41(52)53-6/h11-14,17-23,32-33,36-37,44H,7-10,15-16H2,1-6H3,(H,42,45)(H,43,49)(H,46,52)/t32-,33-,36?,37?/m0/s1. The van der Waals surface area contributed by atoms with Crippen molar-refractivity contribution in [2.24, 2.45) is 11.8 Å². The molecule has 0 aliphatic carbocycles. The number of carbonyl (C=O) groups is 4. The Morgan fingerprint density at radius 1 is 0.796 bits per heavy atom. The number of likely N-dealkylation sites (tertiary alicyclic amines) is 2. The number of amides is 4. The van der Waals surface area contributed by atoms with Crippen molar-refractivity contribution >= 4 is 56.8 Å². The van der Waals surface area contributed by atoms with Crippen LogP contribution < -0.4 is 10.6 Å². The van der Waals surface area contributed by atoms with Crippen LogP contribution in [-0.4, -0.2) is 80.8 Å². The second kappa shape index (κ2) is 15.3. The van der Waals surface area contributed by atoms with Crippen LogP contribution in [0, 0.1) is 11.8 Å². The molecule has 4 atom stereocenters. The van der Waals surface area contributed by atoms with E-state index in [1.54, 1.807) is 11.3 Å². The van der Waals surface area contributed by atoms with Gasteiger partial charge in [-0.1, -0.05) is 39.8 Å². The van der Waals surface area contributed by atoms with Crippen LogP contribution in [0.1, 0.15) is 83.9 Å². The Morgan fingerprint density at radius 2 is 1.46 bits per heavy atom. The largest absolute Gasteiger partial charge is 0.453 e. The average molecular weight is 752 g/mol. The van der Waals surface area contributed by atoms with E-state index in [9.17, 15) is 19.2 Å². The number of hydrogen-bond acceptors (Lipinski definition) is 7. The van der Waals surface area contributed by atoms with Crippen LogP contribution in [-0.2, 0) is 19.1 Å². The van der Waals surface area contributed by atoms with Gasteiger partial charge in [0.2, 0.25) is 17.7 Å². The number of fused-ring (bicyclic) bond motifs is 2. The molecule has 2 saturated heterocycles. The number of H-pyrrole nitrogens is 2. The third kappa shape index (κ3) is 7.33. The van der Waals surface area contributed by atoms with Crippen LogP contribution in [0.5, 0.6) is 0 Å². The van der Waals surface area contributed by atoms with E-state index < -0.39 is 18.2 Å². The molecule has 13 heteroatoms. The minimum Gasteiger partial charge on any atom is -0.453 e. The predicted molar refractivity (Wildman–Crippen MR) is 211 cm³/mol. The number of nitrogens with zero attached hydrogens (tertiary/aromatic N) is 3. The SMILES string of the molecule is COC(=O)NC(C(=O)N1CCC[C@H]1c1cc2cc3ccc(-c4ccc(-c5cnc([C@@H]6CCCN6C(=O)C(NC(C)=O)C(C)C)[nH]5)s4)cc3cc2[nH]1)C(C)C. The van der Waals surface area contributed by atoms with Gasteiger partial charge in [0.05, 0.1) is 36.0 Å². The number of aromatic nitrogens is 3. The number of alkyl carbamates (subject to hydrolysis) is 1. The Bertz CT molecular complexity index is 2200. The summed E-state index contributed by atoms with van der Waals surface area (Å²) in [5.41, 5.74) is 4.02. The van der Waals surface area contributed by atoms with Gasteiger partial charge in [-0.25, -0.2) is 9.78 Å². The fourth-order valence-electron chi connectivity index (χ4n) is 7.96. The summed E-state index contributed by atoms with van der Waals surface area (Å²) in [6.07, 6.45) is 4.67. The van der Waals surface area contributed by atoms with Gasteiger partial charge in [-0.15, -0.1) is 11.3 Å². The highest BCUT2D eigenvalue weighted by atomic mass is 32.1. The third-order valence-electron chi connectivity index (χ3n) is 10.8. The van der Waals surface area contributed by atoms with Crippen molar-refractivity contribution in [3.63, 3.8) is 0 Å². The van der Waals surface area contributed by atoms with Crippen LogP contribution in [0.2, 0.25) is 0 Å². The Labute approximate surface area is 319 Å². The van der Waals surface area contributed by atoms with Crippen molar-refractivity contribution in [2.75, 3.05) is 20.2 Å². The van der Waals surface area contributed by atoms with E-state index in [1.807, 2.05) is 43.7 Å². The molecule has 4 amide bonds. The minimum atomic E-state index is -0.662. The van der Waals surface area contributed by atoms with Crippen molar-refractivity contribution in [1.82, 2.24) is 35.4 Å². The molecule has 2 aliphatic heterocycles. The lowest BCUT2D eigenvalue weighted by Crippen LogP contribution is -2.51. The second-order valence-electron chi connectivity index (χ2n) is 15.2. The predicted octanol–water partition coefficient (Wildman–Crippen LogP) is 7.31. The molecule has 4 N–H and O–H groups in total. The lowest BCUT2D eigenvalue weighted by atomic mass is 10.0. The fourth-order valence-corrected chi connectivity index (χ4v) is 8.93. The molecule has 2 aliphatic rings. The smallest absolute Gasteiger partial charge is 0.407 e. The van der Waals surface area contributed by atoms with E-state index in [2.05, 4.69) is 69.1 Å². The van der Waals surface area contributed by atoms with Crippen molar-refractivity contribution < 1.29 is 23.9 Å².